The highest BCUT2D eigenvalue weighted by atomic mass is 16.5. The number of fused-ring (bicyclic) bond motifs is 1. The van der Waals surface area contributed by atoms with Crippen LogP contribution in [0.2, 0.25) is 0 Å². The molecule has 2 aliphatic heterocycles. The number of H-pyrrole nitrogens is 1. The number of benzene rings is 1. The molecular weight excluding hydrogens is 656 g/mol. The number of nitrogens with one attached hydrogen (secondary N) is 2. The maximum absolute atomic E-state index is 14.1. The third kappa shape index (κ3) is 4.54. The topological polar surface area (TPSA) is 137 Å². The Hall–Kier alpha value is -5.13. The minimum Gasteiger partial charge on any atom is -0.504 e. The number of phenolic OH excluding ortho intramolecular Hbond substituents is 1. The van der Waals surface area contributed by atoms with E-state index in [4.69, 9.17) is 4.74 Å². The van der Waals surface area contributed by atoms with Gasteiger partial charge in [-0.1, -0.05) is 19.1 Å². The molecule has 1 fully saturated rings. The Balaban J connectivity index is 1.20. The third-order valence-electron chi connectivity index (χ3n) is 12.5. The Morgan fingerprint density at radius 1 is 1.15 bits per heavy atom. The van der Waals surface area contributed by atoms with E-state index in [1.54, 1.807) is 6.33 Å². The molecule has 6 heterocycles. The largest absolute Gasteiger partial charge is 0.504 e. The molecule has 11 nitrogen and oxygen atoms in total. The zero-order valence-electron chi connectivity index (χ0n) is 30.3. The molecule has 4 aliphatic rings. The van der Waals surface area contributed by atoms with Gasteiger partial charge in [0.1, 0.15) is 12.2 Å². The molecule has 0 saturated carbocycles. The summed E-state index contributed by atoms with van der Waals surface area (Å²) in [4.78, 5) is 36.8. The number of hydrogen-bond acceptors (Lipinski definition) is 7. The Labute approximate surface area is 301 Å². The summed E-state index contributed by atoms with van der Waals surface area (Å²) >= 11 is 0. The van der Waals surface area contributed by atoms with E-state index in [1.807, 2.05) is 68.9 Å². The minimum absolute atomic E-state index is 0.0795. The number of piperidine rings is 1. The van der Waals surface area contributed by atoms with Crippen LogP contribution in [-0.4, -0.2) is 71.8 Å². The van der Waals surface area contributed by atoms with Gasteiger partial charge in [0.05, 0.1) is 12.0 Å². The minimum atomic E-state index is -0.764. The number of ether oxygens (including phenoxy) is 1. The predicted molar refractivity (Wildman–Crippen MR) is 197 cm³/mol. The normalized spacial score (nSPS) is 24.9. The number of likely N-dealkylation sites (tertiary alicyclic amines) is 1. The smallest absolute Gasteiger partial charge is 0.253 e. The van der Waals surface area contributed by atoms with Gasteiger partial charge < -0.3 is 39.1 Å². The molecule has 4 aromatic heterocycles. The lowest BCUT2D eigenvalue weighted by atomic mass is 9.52. The van der Waals surface area contributed by atoms with Crippen molar-refractivity contribution in [3.05, 3.63) is 116 Å². The number of aliphatic hydroxyl groups excluding tert-OH is 1. The highest BCUT2D eigenvalue weighted by Crippen LogP contribution is 2.63. The first-order valence-corrected chi connectivity index (χ1v) is 18.1. The highest BCUT2D eigenvalue weighted by molar-refractivity contribution is 5.97. The molecule has 5 aromatic rings. The fraction of sp³-hybridized carbons (Fsp3) is 0.390. The number of nitrogens with zero attached hydrogens (tertiary/aromatic N) is 4. The van der Waals surface area contributed by atoms with Crippen molar-refractivity contribution < 1.29 is 19.7 Å². The lowest BCUT2D eigenvalue weighted by Crippen LogP contribution is -2.64. The number of rotatable bonds is 6. The maximum Gasteiger partial charge on any atom is 0.253 e. The number of carbonyl (C=O) groups is 1. The summed E-state index contributed by atoms with van der Waals surface area (Å²) < 4.78 is 10.6. The van der Waals surface area contributed by atoms with Gasteiger partial charge in [0.25, 0.3) is 11.5 Å². The van der Waals surface area contributed by atoms with E-state index >= 15 is 0 Å². The lowest BCUT2D eigenvalue weighted by Gasteiger charge is -2.56. The number of pyridine rings is 2. The van der Waals surface area contributed by atoms with Crippen LogP contribution in [0.25, 0.3) is 16.8 Å². The monoisotopic (exact) mass is 700 g/mol. The average Bonchev–Trinajstić information content (AvgIpc) is 3.82. The molecule has 4 N–H and O–H groups in total. The quantitative estimate of drug-likeness (QED) is 0.191. The van der Waals surface area contributed by atoms with Gasteiger partial charge in [0.2, 0.25) is 0 Å². The number of aromatic amines is 1. The molecule has 1 spiro atoms. The SMILES string of the molecule is Cc1cc(C)c(CNC(=O)c2cc3cc(-c4cn(C)cn4)cn3c(C(C)c3cc(O)c4c5c3C[C@@H]3[C@@H]6C=C[C@H](O)[C@H](O4)[C@]56CCN3C)c2C)c(=O)[nH]1. The van der Waals surface area contributed by atoms with E-state index in [1.165, 1.54) is 0 Å². The van der Waals surface area contributed by atoms with Gasteiger partial charge in [-0.3, -0.25) is 9.59 Å². The van der Waals surface area contributed by atoms with E-state index in [0.717, 1.165) is 75.4 Å². The summed E-state index contributed by atoms with van der Waals surface area (Å²) in [6.07, 6.45) is 10.2. The molecule has 1 saturated heterocycles. The van der Waals surface area contributed by atoms with Crippen molar-refractivity contribution in [2.75, 3.05) is 13.6 Å². The molecule has 52 heavy (non-hydrogen) atoms. The molecular formula is C41H44N6O5. The van der Waals surface area contributed by atoms with Gasteiger partial charge >= 0.3 is 0 Å². The molecule has 11 heteroatoms. The number of carbonyl (C=O) groups excluding carboxylic acids is 1. The standard InChI is InChI=1S/C41H44N6O5/c1-20-11-21(2)44-40(51)29(20)16-42-39(50)27-13-25-12-24(31-18-45(5)19-43-31)17-47(25)36(23(27)4)22(3)26-15-34(49)37-35-28(26)14-32-30-7-8-33(48)38(52-37)41(30,35)9-10-46(32)6/h7-8,11-13,15,17-19,22,30,32-33,38,48-49H,9-10,14,16H2,1-6H3,(H,42,50)(H,44,51)/t22?,30-,32+,33-,38-,41-/m0/s1. The number of likely N-dealkylation sites (N-methyl/N-ethyl adjacent to an activating group) is 1. The molecule has 2 bridgehead atoms. The molecule has 1 amide bonds. The average molecular weight is 701 g/mol. The molecule has 1 unspecified atom stereocenters. The Morgan fingerprint density at radius 2 is 1.96 bits per heavy atom. The Kier molecular flexibility index (Phi) is 7.20. The van der Waals surface area contributed by atoms with E-state index in [-0.39, 0.29) is 41.6 Å². The molecule has 0 radical (unpaired) electrons. The molecule has 2 aliphatic carbocycles. The van der Waals surface area contributed by atoms with E-state index in [9.17, 15) is 19.8 Å². The number of aromatic nitrogens is 4. The number of amides is 1. The summed E-state index contributed by atoms with van der Waals surface area (Å²) in [5.74, 6) is 0.212. The zero-order valence-corrected chi connectivity index (χ0v) is 30.3. The third-order valence-corrected chi connectivity index (χ3v) is 12.5. The summed E-state index contributed by atoms with van der Waals surface area (Å²) in [5.41, 5.74) is 9.48. The number of hydrogen-bond donors (Lipinski definition) is 4. The van der Waals surface area contributed by atoms with Gasteiger partial charge in [0.15, 0.2) is 11.5 Å². The first kappa shape index (κ1) is 32.8. The van der Waals surface area contributed by atoms with Crippen molar-refractivity contribution in [2.45, 2.75) is 76.7 Å². The number of aromatic hydroxyl groups is 1. The van der Waals surface area contributed by atoms with Crippen molar-refractivity contribution >= 4 is 11.4 Å². The molecule has 9 rings (SSSR count). The van der Waals surface area contributed by atoms with Crippen molar-refractivity contribution in [2.24, 2.45) is 13.0 Å². The van der Waals surface area contributed by atoms with E-state index < -0.39 is 17.6 Å². The van der Waals surface area contributed by atoms with Crippen LogP contribution in [0.15, 0.2) is 59.9 Å². The lowest BCUT2D eigenvalue weighted by molar-refractivity contribution is -0.0454. The van der Waals surface area contributed by atoms with Crippen LogP contribution in [0.4, 0.5) is 0 Å². The van der Waals surface area contributed by atoms with Gasteiger partial charge in [-0.2, -0.15) is 0 Å². The van der Waals surface area contributed by atoms with Crippen LogP contribution in [0.5, 0.6) is 11.5 Å². The van der Waals surface area contributed by atoms with Crippen molar-refractivity contribution in [3.8, 4) is 22.8 Å². The number of phenols is 1. The van der Waals surface area contributed by atoms with Gasteiger partial charge in [-0.15, -0.1) is 0 Å². The van der Waals surface area contributed by atoms with Crippen molar-refractivity contribution in [3.63, 3.8) is 0 Å². The van der Waals surface area contributed by atoms with Gasteiger partial charge in [0, 0.05) is 88.4 Å². The fourth-order valence-electron chi connectivity index (χ4n) is 10.1. The molecule has 268 valence electrons. The Morgan fingerprint density at radius 3 is 2.71 bits per heavy atom. The van der Waals surface area contributed by atoms with Crippen LogP contribution in [0.3, 0.4) is 0 Å². The Bertz CT molecular complexity index is 2420. The van der Waals surface area contributed by atoms with Gasteiger partial charge in [-0.25, -0.2) is 4.98 Å². The fourth-order valence-corrected chi connectivity index (χ4v) is 10.1. The van der Waals surface area contributed by atoms with Crippen LogP contribution in [-0.2, 0) is 25.4 Å². The summed E-state index contributed by atoms with van der Waals surface area (Å²) in [6.45, 7) is 8.81. The van der Waals surface area contributed by atoms with Crippen LogP contribution in [0, 0.1) is 26.7 Å². The second kappa shape index (κ2) is 11.4. The molecule has 1 aromatic carbocycles. The first-order valence-electron chi connectivity index (χ1n) is 18.1. The van der Waals surface area contributed by atoms with Crippen LogP contribution < -0.4 is 15.6 Å². The van der Waals surface area contributed by atoms with Crippen LogP contribution >= 0.6 is 0 Å². The number of imidazole rings is 1. The molecule has 6 atom stereocenters. The second-order valence-electron chi connectivity index (χ2n) is 15.5. The first-order chi connectivity index (χ1) is 24.9. The summed E-state index contributed by atoms with van der Waals surface area (Å²) in [5, 5.41) is 26.0. The maximum atomic E-state index is 14.1. The summed E-state index contributed by atoms with van der Waals surface area (Å²) in [7, 11) is 4.11. The zero-order chi connectivity index (χ0) is 36.4. The summed E-state index contributed by atoms with van der Waals surface area (Å²) in [6, 6.07) is 7.91. The van der Waals surface area contributed by atoms with Crippen molar-refractivity contribution in [1.82, 2.24) is 29.2 Å². The highest BCUT2D eigenvalue weighted by Gasteiger charge is 2.64. The van der Waals surface area contributed by atoms with E-state index in [0.29, 0.717) is 16.9 Å². The van der Waals surface area contributed by atoms with E-state index in [2.05, 4.69) is 50.8 Å². The second-order valence-corrected chi connectivity index (χ2v) is 15.5. The van der Waals surface area contributed by atoms with Gasteiger partial charge in [-0.05, 0) is 93.7 Å². The predicted octanol–water partition coefficient (Wildman–Crippen LogP) is 4.55. The van der Waals surface area contributed by atoms with Crippen molar-refractivity contribution in [1.29, 1.82) is 0 Å². The number of aliphatic hydroxyl groups is 1. The van der Waals surface area contributed by atoms with Crippen LogP contribution in [0.1, 0.15) is 74.4 Å². The number of aryl methyl sites for hydroxylation is 3.